The van der Waals surface area contributed by atoms with Crippen LogP contribution >= 0.6 is 0 Å². The number of nitrogens with zero attached hydrogens (tertiary/aromatic N) is 5. The van der Waals surface area contributed by atoms with Gasteiger partial charge in [-0.1, -0.05) is 159 Å². The summed E-state index contributed by atoms with van der Waals surface area (Å²) in [4.78, 5) is 15.2. The predicted octanol–water partition coefficient (Wildman–Crippen LogP) is 16.2. The van der Waals surface area contributed by atoms with Crippen LogP contribution in [0.4, 0.5) is 0 Å². The van der Waals surface area contributed by atoms with E-state index in [2.05, 4.69) is 211 Å². The lowest BCUT2D eigenvalue weighted by Crippen LogP contribution is -2.15. The summed E-state index contributed by atoms with van der Waals surface area (Å²) in [5, 5.41) is 7.42. The molecular weight excluding hydrogens is 839 g/mol. The van der Waals surface area contributed by atoms with E-state index in [1.807, 2.05) is 36.4 Å². The van der Waals surface area contributed by atoms with Gasteiger partial charge in [0.05, 0.1) is 22.1 Å². The number of benzene rings is 10. The van der Waals surface area contributed by atoms with Gasteiger partial charge in [-0.25, -0.2) is 15.0 Å². The van der Waals surface area contributed by atoms with Crippen LogP contribution in [0.15, 0.2) is 224 Å². The van der Waals surface area contributed by atoms with Crippen molar-refractivity contribution >= 4 is 54.4 Å². The number of para-hydroxylation sites is 2. The highest BCUT2D eigenvalue weighted by Crippen LogP contribution is 2.52. The topological polar surface area (TPSA) is 48.5 Å². The molecule has 1 aliphatic carbocycles. The first kappa shape index (κ1) is 39.3. The van der Waals surface area contributed by atoms with Crippen LogP contribution in [-0.4, -0.2) is 24.1 Å². The predicted molar refractivity (Wildman–Crippen MR) is 285 cm³/mol. The van der Waals surface area contributed by atoms with Gasteiger partial charge in [0.15, 0.2) is 17.5 Å². The van der Waals surface area contributed by atoms with Gasteiger partial charge in [0.25, 0.3) is 0 Å². The van der Waals surface area contributed by atoms with Gasteiger partial charge in [-0.2, -0.15) is 0 Å². The summed E-state index contributed by atoms with van der Waals surface area (Å²) < 4.78 is 4.83. The van der Waals surface area contributed by atoms with Crippen LogP contribution < -0.4 is 0 Å². The third kappa shape index (κ3) is 6.14. The van der Waals surface area contributed by atoms with Gasteiger partial charge in [-0.15, -0.1) is 0 Å². The molecule has 10 aromatic carbocycles. The molecule has 0 radical (unpaired) electrons. The Balaban J connectivity index is 0.989. The molecule has 0 bridgehead atoms. The van der Waals surface area contributed by atoms with E-state index < -0.39 is 0 Å². The van der Waals surface area contributed by atoms with Crippen molar-refractivity contribution in [2.75, 3.05) is 0 Å². The Morgan fingerprint density at radius 3 is 1.43 bits per heavy atom. The lowest BCUT2D eigenvalue weighted by atomic mass is 9.81. The third-order valence-corrected chi connectivity index (χ3v) is 14.5. The molecule has 0 aliphatic heterocycles. The number of fused-ring (bicyclic) bond motifs is 10. The zero-order chi connectivity index (χ0) is 45.8. The average Bonchev–Trinajstić information content (AvgIpc) is 3.99. The summed E-state index contributed by atoms with van der Waals surface area (Å²) in [7, 11) is 0. The summed E-state index contributed by atoms with van der Waals surface area (Å²) in [5.74, 6) is 1.91. The SMILES string of the molecule is CC1(C)c2cc3ccccc3cc2-c2cc3c4cc(-c5ccc6c(c5)c5ccccc5n6-c5ccccc5)ccc4n(-c4cccc(-c5nc(-c6ccccc6)nc(-c6ccccc6)n5)c4)c3cc21. The molecule has 0 atom stereocenters. The molecule has 13 aromatic rings. The van der Waals surface area contributed by atoms with Crippen LogP contribution in [0.2, 0.25) is 0 Å². The van der Waals surface area contributed by atoms with Gasteiger partial charge < -0.3 is 9.13 Å². The molecule has 69 heavy (non-hydrogen) atoms. The first-order valence-corrected chi connectivity index (χ1v) is 23.7. The van der Waals surface area contributed by atoms with E-state index in [-0.39, 0.29) is 5.41 Å². The molecule has 1 aliphatic rings. The zero-order valence-corrected chi connectivity index (χ0v) is 38.1. The third-order valence-electron chi connectivity index (χ3n) is 14.5. The molecule has 0 saturated carbocycles. The van der Waals surface area contributed by atoms with E-state index in [0.29, 0.717) is 17.5 Å². The molecule has 3 heterocycles. The first-order valence-electron chi connectivity index (χ1n) is 23.7. The van der Waals surface area contributed by atoms with Crippen LogP contribution in [0.5, 0.6) is 0 Å². The molecule has 0 spiro atoms. The number of hydrogen-bond acceptors (Lipinski definition) is 3. The fraction of sp³-hybridized carbons (Fsp3) is 0.0469. The lowest BCUT2D eigenvalue weighted by molar-refractivity contribution is 0.662. The summed E-state index contributed by atoms with van der Waals surface area (Å²) in [6.07, 6.45) is 0. The summed E-state index contributed by atoms with van der Waals surface area (Å²) >= 11 is 0. The standard InChI is InChI=1S/C64H43N5/c1-64(2)55-37-43-22-13-12-21-42(43)34-50(55)51-38-54-53-36-45(44-29-31-58-52(35-44)49-27-14-15-28-57(49)68(58)47-24-10-5-11-25-47)30-32-59(53)69(60(54)39-56(51)64)48-26-16-23-46(33-48)63-66-61(40-17-6-3-7-18-40)65-62(67-63)41-19-8-4-9-20-41/h3-39H,1-2H3. The molecule has 3 aromatic heterocycles. The van der Waals surface area contributed by atoms with E-state index in [1.54, 1.807) is 0 Å². The van der Waals surface area contributed by atoms with E-state index in [1.165, 1.54) is 76.7 Å². The van der Waals surface area contributed by atoms with Crippen molar-refractivity contribution in [3.63, 3.8) is 0 Å². The second-order valence-corrected chi connectivity index (χ2v) is 18.9. The van der Waals surface area contributed by atoms with E-state index in [0.717, 1.165) is 39.1 Å². The van der Waals surface area contributed by atoms with Crippen molar-refractivity contribution in [3.8, 4) is 67.8 Å². The molecule has 0 amide bonds. The normalized spacial score (nSPS) is 12.9. The maximum Gasteiger partial charge on any atom is 0.164 e. The lowest BCUT2D eigenvalue weighted by Gasteiger charge is -2.22. The Bertz CT molecular complexity index is 4140. The molecule has 0 saturated heterocycles. The fourth-order valence-electron chi connectivity index (χ4n) is 11.1. The van der Waals surface area contributed by atoms with Crippen molar-refractivity contribution in [2.45, 2.75) is 19.3 Å². The fourth-order valence-corrected chi connectivity index (χ4v) is 11.1. The van der Waals surface area contributed by atoms with Crippen molar-refractivity contribution in [3.05, 3.63) is 236 Å². The van der Waals surface area contributed by atoms with E-state index in [9.17, 15) is 0 Å². The highest BCUT2D eigenvalue weighted by Gasteiger charge is 2.37. The monoisotopic (exact) mass is 881 g/mol. The number of hydrogen-bond donors (Lipinski definition) is 0. The summed E-state index contributed by atoms with van der Waals surface area (Å²) in [6.45, 7) is 4.76. The van der Waals surface area contributed by atoms with Gasteiger partial charge in [0.1, 0.15) is 0 Å². The van der Waals surface area contributed by atoms with Crippen LogP contribution in [0.1, 0.15) is 25.0 Å². The van der Waals surface area contributed by atoms with Crippen LogP contribution in [0.25, 0.3) is 122 Å². The molecule has 5 nitrogen and oxygen atoms in total. The van der Waals surface area contributed by atoms with Gasteiger partial charge in [0.2, 0.25) is 0 Å². The Labute approximate surface area is 399 Å². The molecular formula is C64H43N5. The smallest absolute Gasteiger partial charge is 0.164 e. The maximum absolute atomic E-state index is 5.13. The molecule has 0 N–H and O–H groups in total. The van der Waals surface area contributed by atoms with Crippen LogP contribution in [0, 0.1) is 0 Å². The second-order valence-electron chi connectivity index (χ2n) is 18.9. The van der Waals surface area contributed by atoms with Gasteiger partial charge in [-0.05, 0) is 123 Å². The largest absolute Gasteiger partial charge is 0.309 e. The number of aromatic nitrogens is 5. The molecule has 5 heteroatoms. The zero-order valence-electron chi connectivity index (χ0n) is 38.1. The minimum absolute atomic E-state index is 0.210. The second kappa shape index (κ2) is 15.0. The van der Waals surface area contributed by atoms with Crippen molar-refractivity contribution in [1.29, 1.82) is 0 Å². The molecule has 324 valence electrons. The minimum atomic E-state index is -0.210. The minimum Gasteiger partial charge on any atom is -0.309 e. The maximum atomic E-state index is 5.13. The molecule has 14 rings (SSSR count). The van der Waals surface area contributed by atoms with Crippen LogP contribution in [-0.2, 0) is 5.41 Å². The summed E-state index contributed by atoms with van der Waals surface area (Å²) in [5.41, 5.74) is 17.1. The van der Waals surface area contributed by atoms with Crippen molar-refractivity contribution in [2.24, 2.45) is 0 Å². The molecule has 0 fully saturated rings. The van der Waals surface area contributed by atoms with Crippen LogP contribution in [0.3, 0.4) is 0 Å². The molecule has 0 unspecified atom stereocenters. The highest BCUT2D eigenvalue weighted by atomic mass is 15.0. The average molecular weight is 882 g/mol. The Kier molecular flexibility index (Phi) is 8.56. The van der Waals surface area contributed by atoms with Crippen molar-refractivity contribution < 1.29 is 0 Å². The Morgan fingerprint density at radius 2 is 0.768 bits per heavy atom. The Morgan fingerprint density at radius 1 is 0.304 bits per heavy atom. The quantitative estimate of drug-likeness (QED) is 0.167. The number of rotatable bonds is 6. The highest BCUT2D eigenvalue weighted by molar-refractivity contribution is 6.14. The Hall–Kier alpha value is -8.93. The first-order chi connectivity index (χ1) is 33.9. The van der Waals surface area contributed by atoms with Gasteiger partial charge in [0, 0.05) is 55.0 Å². The van der Waals surface area contributed by atoms with Gasteiger partial charge >= 0.3 is 0 Å². The van der Waals surface area contributed by atoms with Gasteiger partial charge in [-0.3, -0.25) is 0 Å². The summed E-state index contributed by atoms with van der Waals surface area (Å²) in [6, 6.07) is 80.9. The van der Waals surface area contributed by atoms with Crippen molar-refractivity contribution in [1.82, 2.24) is 24.1 Å². The van der Waals surface area contributed by atoms with E-state index in [4.69, 9.17) is 15.0 Å². The van der Waals surface area contributed by atoms with E-state index >= 15 is 0 Å².